The van der Waals surface area contributed by atoms with E-state index in [0.717, 1.165) is 13.0 Å². The molecule has 0 saturated carbocycles. The van der Waals surface area contributed by atoms with Crippen LogP contribution in [0.2, 0.25) is 0 Å². The van der Waals surface area contributed by atoms with E-state index in [1.807, 2.05) is 6.08 Å². The van der Waals surface area contributed by atoms with E-state index in [2.05, 4.69) is 5.32 Å². The first kappa shape index (κ1) is 7.80. The molecule has 2 aliphatic rings. The van der Waals surface area contributed by atoms with Gasteiger partial charge in [-0.25, -0.2) is 4.79 Å². The Morgan fingerprint density at radius 1 is 1.50 bits per heavy atom. The van der Waals surface area contributed by atoms with Gasteiger partial charge in [-0.05, 0) is 25.5 Å². The highest BCUT2D eigenvalue weighted by Gasteiger charge is 2.27. The molecule has 2 atom stereocenters. The summed E-state index contributed by atoms with van der Waals surface area (Å²) in [6.45, 7) is 1.05. The fourth-order valence-corrected chi connectivity index (χ4v) is 1.76. The smallest absolute Gasteiger partial charge is 0.331 e. The van der Waals surface area contributed by atoms with Crippen molar-refractivity contribution in [2.24, 2.45) is 0 Å². The highest BCUT2D eigenvalue weighted by atomic mass is 16.5. The number of hydrogen-bond donors (Lipinski definition) is 1. The molecule has 1 fully saturated rings. The second-order valence-corrected chi connectivity index (χ2v) is 3.32. The van der Waals surface area contributed by atoms with E-state index in [1.165, 1.54) is 18.9 Å². The number of esters is 1. The molecule has 0 amide bonds. The van der Waals surface area contributed by atoms with E-state index in [1.54, 1.807) is 0 Å². The summed E-state index contributed by atoms with van der Waals surface area (Å²) in [5, 5.41) is 3.35. The molecule has 0 spiro atoms. The van der Waals surface area contributed by atoms with Crippen LogP contribution in [0.25, 0.3) is 0 Å². The van der Waals surface area contributed by atoms with E-state index in [0.29, 0.717) is 6.04 Å². The minimum absolute atomic E-state index is 0.0159. The lowest BCUT2D eigenvalue weighted by molar-refractivity contribution is -0.139. The monoisotopic (exact) mass is 167 g/mol. The Balaban J connectivity index is 1.91. The van der Waals surface area contributed by atoms with Crippen LogP contribution in [0.4, 0.5) is 0 Å². The van der Waals surface area contributed by atoms with Crippen molar-refractivity contribution in [3.63, 3.8) is 0 Å². The normalized spacial score (nSPS) is 35.2. The fraction of sp³-hybridized carbons (Fsp3) is 0.667. The molecule has 0 radical (unpaired) electrons. The van der Waals surface area contributed by atoms with Crippen LogP contribution >= 0.6 is 0 Å². The van der Waals surface area contributed by atoms with E-state index < -0.39 is 0 Å². The Labute approximate surface area is 71.8 Å². The van der Waals surface area contributed by atoms with Gasteiger partial charge < -0.3 is 10.1 Å². The Kier molecular flexibility index (Phi) is 2.13. The Morgan fingerprint density at radius 3 is 3.00 bits per heavy atom. The average Bonchev–Trinajstić information content (AvgIpc) is 2.54. The molecule has 0 bridgehead atoms. The summed E-state index contributed by atoms with van der Waals surface area (Å²) in [5.41, 5.74) is 0. The number of cyclic esters (lactones) is 1. The van der Waals surface area contributed by atoms with Crippen molar-refractivity contribution in [3.8, 4) is 0 Å². The van der Waals surface area contributed by atoms with Gasteiger partial charge in [0.05, 0.1) is 0 Å². The van der Waals surface area contributed by atoms with Crippen LogP contribution < -0.4 is 5.32 Å². The summed E-state index contributed by atoms with van der Waals surface area (Å²) in [4.78, 5) is 10.8. The largest absolute Gasteiger partial charge is 0.453 e. The number of ether oxygens (including phenoxy) is 1. The molecule has 0 aromatic carbocycles. The summed E-state index contributed by atoms with van der Waals surface area (Å²) < 4.78 is 5.09. The van der Waals surface area contributed by atoms with Gasteiger partial charge >= 0.3 is 5.97 Å². The van der Waals surface area contributed by atoms with Crippen LogP contribution in [0, 0.1) is 0 Å². The number of rotatable bonds is 1. The zero-order valence-electron chi connectivity index (χ0n) is 6.95. The molecule has 3 nitrogen and oxygen atoms in total. The van der Waals surface area contributed by atoms with Crippen molar-refractivity contribution in [3.05, 3.63) is 12.2 Å². The molecule has 2 heterocycles. The Hall–Kier alpha value is -0.830. The van der Waals surface area contributed by atoms with Crippen molar-refractivity contribution < 1.29 is 9.53 Å². The third-order valence-corrected chi connectivity index (χ3v) is 2.42. The van der Waals surface area contributed by atoms with Crippen molar-refractivity contribution in [2.45, 2.75) is 31.4 Å². The van der Waals surface area contributed by atoms with Crippen LogP contribution in [0.5, 0.6) is 0 Å². The Bertz CT molecular complexity index is 207. The van der Waals surface area contributed by atoms with Gasteiger partial charge in [-0.15, -0.1) is 0 Å². The second-order valence-electron chi connectivity index (χ2n) is 3.32. The van der Waals surface area contributed by atoms with Crippen LogP contribution in [0.1, 0.15) is 19.3 Å². The Morgan fingerprint density at radius 2 is 2.42 bits per heavy atom. The van der Waals surface area contributed by atoms with Gasteiger partial charge in [-0.1, -0.05) is 6.42 Å². The highest BCUT2D eigenvalue weighted by molar-refractivity contribution is 5.84. The average molecular weight is 167 g/mol. The quantitative estimate of drug-likeness (QED) is 0.581. The maximum Gasteiger partial charge on any atom is 0.331 e. The first-order chi connectivity index (χ1) is 5.86. The predicted octanol–water partition coefficient (Wildman–Crippen LogP) is 0.610. The van der Waals surface area contributed by atoms with Crippen LogP contribution in [0.3, 0.4) is 0 Å². The molecule has 3 heteroatoms. The van der Waals surface area contributed by atoms with Gasteiger partial charge in [0.25, 0.3) is 0 Å². The molecule has 12 heavy (non-hydrogen) atoms. The van der Waals surface area contributed by atoms with Gasteiger partial charge in [0.15, 0.2) is 0 Å². The molecule has 1 N–H and O–H groups in total. The maximum atomic E-state index is 10.8. The van der Waals surface area contributed by atoms with Crippen molar-refractivity contribution in [2.75, 3.05) is 6.54 Å². The zero-order valence-corrected chi connectivity index (χ0v) is 6.95. The molecular weight excluding hydrogens is 154 g/mol. The van der Waals surface area contributed by atoms with Crippen molar-refractivity contribution in [1.82, 2.24) is 5.32 Å². The van der Waals surface area contributed by atoms with E-state index in [-0.39, 0.29) is 12.1 Å². The third-order valence-electron chi connectivity index (χ3n) is 2.42. The number of carbonyl (C=O) groups is 1. The molecule has 1 saturated heterocycles. The summed E-state index contributed by atoms with van der Waals surface area (Å²) >= 11 is 0. The summed E-state index contributed by atoms with van der Waals surface area (Å²) in [6.07, 6.45) is 6.94. The van der Waals surface area contributed by atoms with Gasteiger partial charge in [0, 0.05) is 12.1 Å². The molecule has 2 rings (SSSR count). The lowest BCUT2D eigenvalue weighted by atomic mass is 10.0. The summed E-state index contributed by atoms with van der Waals surface area (Å²) in [5.74, 6) is -0.202. The van der Waals surface area contributed by atoms with E-state index in [9.17, 15) is 4.79 Å². The van der Waals surface area contributed by atoms with Gasteiger partial charge in [0.2, 0.25) is 0 Å². The van der Waals surface area contributed by atoms with E-state index in [4.69, 9.17) is 4.74 Å². The SMILES string of the molecule is O=C1C=C[C@H]([C@H]2CCCCN2)O1. The summed E-state index contributed by atoms with van der Waals surface area (Å²) in [7, 11) is 0. The molecule has 0 aromatic heterocycles. The second kappa shape index (κ2) is 3.27. The standard InChI is InChI=1S/C9H13NO2/c11-9-5-4-8(12-9)7-3-1-2-6-10-7/h4-5,7-8,10H,1-3,6H2/t7-,8-/m1/s1. The molecule has 2 aliphatic heterocycles. The van der Waals surface area contributed by atoms with Crippen LogP contribution in [-0.2, 0) is 9.53 Å². The lowest BCUT2D eigenvalue weighted by Crippen LogP contribution is -2.42. The molecule has 0 aromatic rings. The first-order valence-electron chi connectivity index (χ1n) is 4.48. The van der Waals surface area contributed by atoms with Crippen molar-refractivity contribution >= 4 is 5.97 Å². The molecule has 0 unspecified atom stereocenters. The fourth-order valence-electron chi connectivity index (χ4n) is 1.76. The molecule has 66 valence electrons. The predicted molar refractivity (Wildman–Crippen MR) is 44.7 cm³/mol. The first-order valence-corrected chi connectivity index (χ1v) is 4.48. The number of piperidine rings is 1. The van der Waals surface area contributed by atoms with Crippen LogP contribution in [-0.4, -0.2) is 24.7 Å². The molecular formula is C9H13NO2. The number of carbonyl (C=O) groups excluding carboxylic acids is 1. The topological polar surface area (TPSA) is 38.3 Å². The van der Waals surface area contributed by atoms with Gasteiger partial charge in [-0.2, -0.15) is 0 Å². The van der Waals surface area contributed by atoms with E-state index >= 15 is 0 Å². The van der Waals surface area contributed by atoms with Crippen molar-refractivity contribution in [1.29, 1.82) is 0 Å². The van der Waals surface area contributed by atoms with Gasteiger partial charge in [-0.3, -0.25) is 0 Å². The molecule has 0 aliphatic carbocycles. The maximum absolute atomic E-state index is 10.8. The minimum Gasteiger partial charge on any atom is -0.453 e. The number of nitrogens with one attached hydrogen (secondary N) is 1. The van der Waals surface area contributed by atoms with Gasteiger partial charge in [0.1, 0.15) is 6.10 Å². The number of hydrogen-bond acceptors (Lipinski definition) is 3. The van der Waals surface area contributed by atoms with Crippen LogP contribution in [0.15, 0.2) is 12.2 Å². The highest BCUT2D eigenvalue weighted by Crippen LogP contribution is 2.17. The third kappa shape index (κ3) is 1.50. The minimum atomic E-state index is -0.202. The zero-order chi connectivity index (χ0) is 8.39. The lowest BCUT2D eigenvalue weighted by Gasteiger charge is -2.26. The summed E-state index contributed by atoms with van der Waals surface area (Å²) in [6, 6.07) is 0.349.